The van der Waals surface area contributed by atoms with E-state index in [4.69, 9.17) is 4.98 Å². The molecule has 0 spiro atoms. The number of aromatic nitrogens is 2. The Hall–Kier alpha value is -3.91. The number of nitro benzene ring substituents is 1. The van der Waals surface area contributed by atoms with Crippen LogP contribution in [0.4, 0.5) is 11.4 Å². The summed E-state index contributed by atoms with van der Waals surface area (Å²) < 4.78 is 0. The monoisotopic (exact) mass is 486 g/mol. The number of aryl methyl sites for hydroxylation is 3. The van der Waals surface area contributed by atoms with Crippen LogP contribution in [0.2, 0.25) is 0 Å². The summed E-state index contributed by atoms with van der Waals surface area (Å²) in [5, 5.41) is 14.5. The highest BCUT2D eigenvalue weighted by Gasteiger charge is 2.16. The average Bonchev–Trinajstić information content (AvgIpc) is 3.25. The van der Waals surface area contributed by atoms with Gasteiger partial charge in [-0.25, -0.2) is 4.98 Å². The van der Waals surface area contributed by atoms with Gasteiger partial charge in [0.05, 0.1) is 22.0 Å². The first-order valence-corrected chi connectivity index (χ1v) is 12.2. The maximum Gasteiger partial charge on any atom is 0.271 e. The summed E-state index contributed by atoms with van der Waals surface area (Å²) >= 11 is 1.47. The van der Waals surface area contributed by atoms with Gasteiger partial charge >= 0.3 is 0 Å². The molecule has 3 aromatic carbocycles. The maximum atomic E-state index is 12.5. The van der Waals surface area contributed by atoms with Gasteiger partial charge < -0.3 is 10.3 Å². The third-order valence-electron chi connectivity index (χ3n) is 5.62. The van der Waals surface area contributed by atoms with Crippen molar-refractivity contribution in [2.45, 2.75) is 32.3 Å². The summed E-state index contributed by atoms with van der Waals surface area (Å²) in [6.45, 7) is 5.91. The Morgan fingerprint density at radius 1 is 0.971 bits per heavy atom. The van der Waals surface area contributed by atoms with Crippen molar-refractivity contribution in [2.75, 3.05) is 11.1 Å². The average molecular weight is 487 g/mol. The zero-order valence-corrected chi connectivity index (χ0v) is 20.6. The Morgan fingerprint density at radius 2 is 1.60 bits per heavy atom. The highest BCUT2D eigenvalue weighted by molar-refractivity contribution is 7.99. The second kappa shape index (κ2) is 10.6. The molecule has 0 fully saturated rings. The Balaban J connectivity index is 1.48. The number of imidazole rings is 1. The number of nitrogens with one attached hydrogen (secondary N) is 2. The van der Waals surface area contributed by atoms with Gasteiger partial charge in [0.1, 0.15) is 0 Å². The van der Waals surface area contributed by atoms with E-state index in [0.717, 1.165) is 33.2 Å². The van der Waals surface area contributed by atoms with Crippen molar-refractivity contribution >= 4 is 29.0 Å². The van der Waals surface area contributed by atoms with Crippen LogP contribution in [0.3, 0.4) is 0 Å². The fraction of sp³-hybridized carbons (Fsp3) is 0.185. The molecule has 8 heteroatoms. The lowest BCUT2D eigenvalue weighted by Gasteiger charge is -2.07. The molecule has 0 unspecified atom stereocenters. The number of hydrogen-bond acceptors (Lipinski definition) is 5. The number of anilines is 1. The number of non-ortho nitro benzene ring substituents is 1. The first-order valence-electron chi connectivity index (χ1n) is 11.2. The minimum Gasteiger partial charge on any atom is -0.332 e. The molecule has 7 nitrogen and oxygen atoms in total. The molecule has 0 radical (unpaired) electrons. The lowest BCUT2D eigenvalue weighted by molar-refractivity contribution is -0.384. The molecule has 4 aromatic rings. The number of hydrogen-bond donors (Lipinski definition) is 2. The van der Waals surface area contributed by atoms with Gasteiger partial charge in [-0.2, -0.15) is 0 Å². The Bertz CT molecular complexity index is 1300. The highest BCUT2D eigenvalue weighted by atomic mass is 32.2. The third kappa shape index (κ3) is 5.96. The van der Waals surface area contributed by atoms with Crippen molar-refractivity contribution in [3.8, 4) is 22.5 Å². The zero-order chi connectivity index (χ0) is 24.9. The van der Waals surface area contributed by atoms with Crippen molar-refractivity contribution < 1.29 is 9.72 Å². The number of nitrogens with zero attached hydrogens (tertiary/aromatic N) is 2. The van der Waals surface area contributed by atoms with Crippen LogP contribution in [0.1, 0.15) is 23.1 Å². The lowest BCUT2D eigenvalue weighted by atomic mass is 10.0. The molecular formula is C27H26N4O3S. The van der Waals surface area contributed by atoms with Crippen molar-refractivity contribution in [1.82, 2.24) is 9.97 Å². The van der Waals surface area contributed by atoms with Gasteiger partial charge in [-0.3, -0.25) is 14.9 Å². The summed E-state index contributed by atoms with van der Waals surface area (Å²) in [6, 6.07) is 21.0. The van der Waals surface area contributed by atoms with Gasteiger partial charge in [-0.15, -0.1) is 0 Å². The van der Waals surface area contributed by atoms with Crippen LogP contribution in [-0.2, 0) is 4.79 Å². The fourth-order valence-corrected chi connectivity index (χ4v) is 4.39. The Labute approximate surface area is 208 Å². The SMILES string of the molecule is Cc1ccc(-c2nc(SCCC(=O)Nc3cc([N+](=O)[O-])ccc3C)[nH]c2-c2ccc(C)cc2)cc1. The van der Waals surface area contributed by atoms with E-state index >= 15 is 0 Å². The minimum atomic E-state index is -0.473. The summed E-state index contributed by atoms with van der Waals surface area (Å²) in [7, 11) is 0. The quantitative estimate of drug-likeness (QED) is 0.164. The van der Waals surface area contributed by atoms with Crippen molar-refractivity contribution in [2.24, 2.45) is 0 Å². The molecule has 2 N–H and O–H groups in total. The van der Waals surface area contributed by atoms with Crippen LogP contribution in [0.5, 0.6) is 0 Å². The molecule has 0 aliphatic heterocycles. The molecule has 4 rings (SSSR count). The van der Waals surface area contributed by atoms with Crippen LogP contribution < -0.4 is 5.32 Å². The van der Waals surface area contributed by atoms with E-state index in [2.05, 4.69) is 72.7 Å². The number of benzene rings is 3. The second-order valence-electron chi connectivity index (χ2n) is 8.40. The molecule has 0 saturated heterocycles. The van der Waals surface area contributed by atoms with Gasteiger partial charge in [0.2, 0.25) is 5.91 Å². The van der Waals surface area contributed by atoms with E-state index in [1.165, 1.54) is 35.0 Å². The number of carbonyl (C=O) groups is 1. The predicted molar refractivity (Wildman–Crippen MR) is 141 cm³/mol. The van der Waals surface area contributed by atoms with E-state index in [1.807, 2.05) is 0 Å². The summed E-state index contributed by atoms with van der Waals surface area (Å²) in [6.07, 6.45) is 0.243. The van der Waals surface area contributed by atoms with Gasteiger partial charge in [0.25, 0.3) is 5.69 Å². The molecule has 0 aliphatic carbocycles. The van der Waals surface area contributed by atoms with E-state index < -0.39 is 4.92 Å². The molecular weight excluding hydrogens is 460 g/mol. The summed E-state index contributed by atoms with van der Waals surface area (Å²) in [5.41, 5.74) is 7.41. The first kappa shape index (κ1) is 24.2. The van der Waals surface area contributed by atoms with Gasteiger partial charge in [-0.05, 0) is 26.3 Å². The van der Waals surface area contributed by atoms with Crippen LogP contribution in [0.15, 0.2) is 71.9 Å². The number of thioether (sulfide) groups is 1. The smallest absolute Gasteiger partial charge is 0.271 e. The summed E-state index contributed by atoms with van der Waals surface area (Å²) in [4.78, 5) is 31.3. The lowest BCUT2D eigenvalue weighted by Crippen LogP contribution is -2.13. The maximum absolute atomic E-state index is 12.5. The normalized spacial score (nSPS) is 10.8. The number of H-pyrrole nitrogens is 1. The molecule has 0 saturated carbocycles. The number of aromatic amines is 1. The van der Waals surface area contributed by atoms with Gasteiger partial charge in [0, 0.05) is 35.4 Å². The van der Waals surface area contributed by atoms with Gasteiger partial charge in [-0.1, -0.05) is 77.5 Å². The molecule has 1 amide bonds. The van der Waals surface area contributed by atoms with Crippen molar-refractivity contribution in [3.63, 3.8) is 0 Å². The molecule has 0 bridgehead atoms. The fourth-order valence-electron chi connectivity index (χ4n) is 3.58. The Morgan fingerprint density at radius 3 is 2.23 bits per heavy atom. The topological polar surface area (TPSA) is 101 Å². The van der Waals surface area contributed by atoms with E-state index in [0.29, 0.717) is 11.4 Å². The molecule has 0 atom stereocenters. The van der Waals surface area contributed by atoms with Gasteiger partial charge in [0.15, 0.2) is 5.16 Å². The molecule has 1 heterocycles. The van der Waals surface area contributed by atoms with Crippen molar-refractivity contribution in [1.29, 1.82) is 0 Å². The number of carbonyl (C=O) groups excluding carboxylic acids is 1. The first-order chi connectivity index (χ1) is 16.8. The van der Waals surface area contributed by atoms with Crippen LogP contribution in [0.25, 0.3) is 22.5 Å². The number of rotatable bonds is 8. The third-order valence-corrected chi connectivity index (χ3v) is 6.50. The zero-order valence-electron chi connectivity index (χ0n) is 19.8. The number of amides is 1. The van der Waals surface area contributed by atoms with Crippen molar-refractivity contribution in [3.05, 3.63) is 93.5 Å². The molecule has 0 aliphatic rings. The molecule has 178 valence electrons. The Kier molecular flexibility index (Phi) is 7.31. The predicted octanol–water partition coefficient (Wildman–Crippen LogP) is 6.70. The second-order valence-corrected chi connectivity index (χ2v) is 9.48. The summed E-state index contributed by atoms with van der Waals surface area (Å²) in [5.74, 6) is 0.304. The highest BCUT2D eigenvalue weighted by Crippen LogP contribution is 2.33. The van der Waals surface area contributed by atoms with Crippen LogP contribution >= 0.6 is 11.8 Å². The van der Waals surface area contributed by atoms with E-state index in [1.54, 1.807) is 13.0 Å². The minimum absolute atomic E-state index is 0.0527. The van der Waals surface area contributed by atoms with Crippen LogP contribution in [-0.4, -0.2) is 26.6 Å². The van der Waals surface area contributed by atoms with E-state index in [9.17, 15) is 14.9 Å². The number of nitro groups is 1. The molecule has 35 heavy (non-hydrogen) atoms. The molecule has 1 aromatic heterocycles. The largest absolute Gasteiger partial charge is 0.332 e. The van der Waals surface area contributed by atoms with E-state index in [-0.39, 0.29) is 18.0 Å². The standard InChI is InChI=1S/C27H26N4O3S/c1-17-4-9-20(10-5-17)25-26(21-11-6-18(2)7-12-21)30-27(29-25)35-15-14-24(32)28-23-16-22(31(33)34)13-8-19(23)3/h4-13,16H,14-15H2,1-3H3,(H,28,32)(H,29,30). The van der Waals surface area contributed by atoms with Crippen LogP contribution in [0, 0.1) is 30.9 Å².